The summed E-state index contributed by atoms with van der Waals surface area (Å²) in [7, 11) is 1.66. The van der Waals surface area contributed by atoms with Crippen LogP contribution in [-0.4, -0.2) is 38.2 Å². The third kappa shape index (κ3) is 3.47. The molecule has 3 aromatic rings. The Hall–Kier alpha value is -2.86. The summed E-state index contributed by atoms with van der Waals surface area (Å²) < 4.78 is 3.01. The van der Waals surface area contributed by atoms with Gasteiger partial charge in [0.2, 0.25) is 0 Å². The van der Waals surface area contributed by atoms with E-state index < -0.39 is 0 Å². The molecule has 0 bridgehead atoms. The number of piperidine rings is 1. The van der Waals surface area contributed by atoms with Crippen molar-refractivity contribution in [2.45, 2.75) is 18.8 Å². The van der Waals surface area contributed by atoms with E-state index in [-0.39, 0.29) is 17.5 Å². The molecule has 1 aliphatic heterocycles. The molecule has 1 aromatic heterocycles. The number of carbonyl (C=O) groups excluding carboxylic acids is 1. The normalized spacial score (nSPS) is 16.9. The fraction of sp³-hybridized carbons (Fsp3) is 0.286. The third-order valence-electron chi connectivity index (χ3n) is 5.11. The largest absolute Gasteiger partial charge is 0.350 e. The fourth-order valence-electron chi connectivity index (χ4n) is 3.74. The van der Waals surface area contributed by atoms with Crippen molar-refractivity contribution < 1.29 is 4.79 Å². The highest BCUT2D eigenvalue weighted by molar-refractivity contribution is 6.30. The minimum absolute atomic E-state index is 0.00834. The lowest BCUT2D eigenvalue weighted by Crippen LogP contribution is -2.40. The summed E-state index contributed by atoms with van der Waals surface area (Å²) in [5, 5.41) is 5.04. The van der Waals surface area contributed by atoms with E-state index in [1.54, 1.807) is 35.9 Å². The highest BCUT2D eigenvalue weighted by Gasteiger charge is 2.30. The van der Waals surface area contributed by atoms with Crippen molar-refractivity contribution in [3.8, 4) is 5.69 Å². The van der Waals surface area contributed by atoms with E-state index in [4.69, 9.17) is 11.6 Å². The zero-order chi connectivity index (χ0) is 19.7. The maximum absolute atomic E-state index is 12.9. The highest BCUT2D eigenvalue weighted by atomic mass is 35.5. The number of aromatic nitrogens is 3. The van der Waals surface area contributed by atoms with Gasteiger partial charge >= 0.3 is 5.69 Å². The summed E-state index contributed by atoms with van der Waals surface area (Å²) in [6.45, 7) is 1.21. The Balaban J connectivity index is 1.65. The first-order valence-corrected chi connectivity index (χ1v) is 9.68. The van der Waals surface area contributed by atoms with Gasteiger partial charge in [0.15, 0.2) is 0 Å². The number of benzene rings is 2. The summed E-state index contributed by atoms with van der Waals surface area (Å²) in [6.07, 6.45) is 1.74. The van der Waals surface area contributed by atoms with Gasteiger partial charge in [-0.1, -0.05) is 35.9 Å². The van der Waals surface area contributed by atoms with Gasteiger partial charge in [0, 0.05) is 36.6 Å². The van der Waals surface area contributed by atoms with Crippen LogP contribution >= 0.6 is 11.6 Å². The third-order valence-corrected chi connectivity index (χ3v) is 5.34. The SMILES string of the molecule is Cn1nc(C2CCCN(C(=O)c3cccc(Cl)c3)C2)n(-c2ccccc2)c1=O. The van der Waals surface area contributed by atoms with Crippen molar-refractivity contribution in [3.63, 3.8) is 0 Å². The molecule has 4 rings (SSSR count). The Labute approximate surface area is 168 Å². The van der Waals surface area contributed by atoms with Gasteiger partial charge in [0.1, 0.15) is 5.82 Å². The Morgan fingerprint density at radius 1 is 1.14 bits per heavy atom. The van der Waals surface area contributed by atoms with Gasteiger partial charge in [0.25, 0.3) is 5.91 Å². The van der Waals surface area contributed by atoms with Crippen LogP contribution in [-0.2, 0) is 7.05 Å². The van der Waals surface area contributed by atoms with E-state index in [9.17, 15) is 9.59 Å². The fourth-order valence-corrected chi connectivity index (χ4v) is 3.93. The number of para-hydroxylation sites is 1. The van der Waals surface area contributed by atoms with Gasteiger partial charge in [-0.15, -0.1) is 0 Å². The van der Waals surface area contributed by atoms with Gasteiger partial charge in [-0.25, -0.2) is 14.0 Å². The van der Waals surface area contributed by atoms with Gasteiger partial charge < -0.3 is 4.90 Å². The number of hydrogen-bond acceptors (Lipinski definition) is 3. The van der Waals surface area contributed by atoms with Crippen molar-refractivity contribution in [1.82, 2.24) is 19.2 Å². The Morgan fingerprint density at radius 2 is 1.93 bits per heavy atom. The zero-order valence-corrected chi connectivity index (χ0v) is 16.3. The maximum atomic E-state index is 12.9. The smallest absolute Gasteiger partial charge is 0.338 e. The topological polar surface area (TPSA) is 60.1 Å². The van der Waals surface area contributed by atoms with Crippen LogP contribution in [0.3, 0.4) is 0 Å². The monoisotopic (exact) mass is 396 g/mol. The van der Waals surface area contributed by atoms with Crippen LogP contribution in [0.1, 0.15) is 34.9 Å². The molecule has 0 aliphatic carbocycles. The minimum atomic E-state index is -0.181. The second kappa shape index (κ2) is 7.64. The lowest BCUT2D eigenvalue weighted by molar-refractivity contribution is 0.0704. The first-order valence-electron chi connectivity index (χ1n) is 9.31. The number of aryl methyl sites for hydroxylation is 1. The number of nitrogens with zero attached hydrogens (tertiary/aromatic N) is 4. The molecule has 0 N–H and O–H groups in total. The number of hydrogen-bond donors (Lipinski definition) is 0. The Kier molecular flexibility index (Phi) is 5.05. The number of carbonyl (C=O) groups is 1. The summed E-state index contributed by atoms with van der Waals surface area (Å²) in [4.78, 5) is 27.4. The molecule has 0 spiro atoms. The summed E-state index contributed by atoms with van der Waals surface area (Å²) >= 11 is 6.04. The highest BCUT2D eigenvalue weighted by Crippen LogP contribution is 2.27. The van der Waals surface area contributed by atoms with Crippen molar-refractivity contribution in [1.29, 1.82) is 0 Å². The molecular formula is C21H21ClN4O2. The average Bonchev–Trinajstić information content (AvgIpc) is 3.03. The van der Waals surface area contributed by atoms with Crippen molar-refractivity contribution in [3.05, 3.63) is 81.5 Å². The maximum Gasteiger partial charge on any atom is 0.350 e. The van der Waals surface area contributed by atoms with E-state index in [1.807, 2.05) is 35.2 Å². The summed E-state index contributed by atoms with van der Waals surface area (Å²) in [5.41, 5.74) is 1.18. The standard InChI is InChI=1S/C21H21ClN4O2/c1-24-21(28)26(18-10-3-2-4-11-18)19(23-24)16-8-6-12-25(14-16)20(27)15-7-5-9-17(22)13-15/h2-5,7,9-11,13,16H,6,8,12,14H2,1H3. The molecule has 1 unspecified atom stereocenters. The van der Waals surface area contributed by atoms with Gasteiger partial charge in [0.05, 0.1) is 5.69 Å². The second-order valence-corrected chi connectivity index (χ2v) is 7.47. The number of amides is 1. The van der Waals surface area contributed by atoms with Crippen LogP contribution < -0.4 is 5.69 Å². The quantitative estimate of drug-likeness (QED) is 0.682. The molecule has 1 fully saturated rings. The zero-order valence-electron chi connectivity index (χ0n) is 15.6. The predicted octanol–water partition coefficient (Wildman–Crippen LogP) is 3.24. The molecule has 28 heavy (non-hydrogen) atoms. The number of likely N-dealkylation sites (tertiary alicyclic amines) is 1. The molecule has 1 saturated heterocycles. The Bertz CT molecular complexity index is 1060. The van der Waals surface area contributed by atoms with Crippen molar-refractivity contribution >= 4 is 17.5 Å². The second-order valence-electron chi connectivity index (χ2n) is 7.04. The van der Waals surface area contributed by atoms with Crippen LogP contribution in [0.15, 0.2) is 59.4 Å². The number of rotatable bonds is 3. The lowest BCUT2D eigenvalue weighted by atomic mass is 9.96. The van der Waals surface area contributed by atoms with Crippen molar-refractivity contribution in [2.75, 3.05) is 13.1 Å². The van der Waals surface area contributed by atoms with Gasteiger partial charge in [-0.2, -0.15) is 5.10 Å². The molecule has 0 saturated carbocycles. The van der Waals surface area contributed by atoms with Gasteiger partial charge in [-0.05, 0) is 43.2 Å². The van der Waals surface area contributed by atoms with E-state index in [2.05, 4.69) is 5.10 Å². The van der Waals surface area contributed by atoms with Crippen LogP contribution in [0.5, 0.6) is 0 Å². The summed E-state index contributed by atoms with van der Waals surface area (Å²) in [5.74, 6) is 0.644. The molecule has 1 atom stereocenters. The molecule has 2 aromatic carbocycles. The Morgan fingerprint density at radius 3 is 2.68 bits per heavy atom. The first kappa shape index (κ1) is 18.5. The molecule has 7 heteroatoms. The average molecular weight is 397 g/mol. The minimum Gasteiger partial charge on any atom is -0.338 e. The number of halogens is 1. The predicted molar refractivity (Wildman–Crippen MR) is 108 cm³/mol. The van der Waals surface area contributed by atoms with Crippen LogP contribution in [0.4, 0.5) is 0 Å². The van der Waals surface area contributed by atoms with Gasteiger partial charge in [-0.3, -0.25) is 4.79 Å². The van der Waals surface area contributed by atoms with E-state index in [0.717, 1.165) is 18.5 Å². The molecule has 1 aliphatic rings. The molecule has 144 valence electrons. The van der Waals surface area contributed by atoms with Crippen molar-refractivity contribution in [2.24, 2.45) is 7.05 Å². The summed E-state index contributed by atoms with van der Waals surface area (Å²) in [6, 6.07) is 16.5. The molecule has 0 radical (unpaired) electrons. The van der Waals surface area contributed by atoms with E-state index in [1.165, 1.54) is 4.68 Å². The van der Waals surface area contributed by atoms with Crippen LogP contribution in [0.25, 0.3) is 5.69 Å². The van der Waals surface area contributed by atoms with Crippen LogP contribution in [0.2, 0.25) is 5.02 Å². The molecule has 6 nitrogen and oxygen atoms in total. The first-order chi connectivity index (χ1) is 13.5. The molecule has 2 heterocycles. The van der Waals surface area contributed by atoms with E-state index in [0.29, 0.717) is 29.5 Å². The van der Waals surface area contributed by atoms with E-state index >= 15 is 0 Å². The lowest BCUT2D eigenvalue weighted by Gasteiger charge is -2.32. The van der Waals surface area contributed by atoms with Crippen LogP contribution in [0, 0.1) is 0 Å². The molecule has 1 amide bonds. The molecular weight excluding hydrogens is 376 g/mol.